The quantitative estimate of drug-likeness (QED) is 0.667. The maximum absolute atomic E-state index is 6.09. The van der Waals surface area contributed by atoms with Gasteiger partial charge in [-0.25, -0.2) is 0 Å². The SMILES string of the molecule is COc1ccc(CC(CCl)CCc2ccsc2)cc1. The topological polar surface area (TPSA) is 9.23 Å². The minimum absolute atomic E-state index is 0.537. The van der Waals surface area contributed by atoms with Crippen molar-refractivity contribution in [2.45, 2.75) is 19.3 Å². The molecule has 3 heteroatoms. The van der Waals surface area contributed by atoms with Gasteiger partial charge in [0.05, 0.1) is 7.11 Å². The molecule has 0 saturated heterocycles. The predicted octanol–water partition coefficient (Wildman–Crippen LogP) is 4.79. The van der Waals surface area contributed by atoms with Gasteiger partial charge < -0.3 is 4.74 Å². The van der Waals surface area contributed by atoms with Crippen LogP contribution in [-0.4, -0.2) is 13.0 Å². The maximum Gasteiger partial charge on any atom is 0.118 e. The first-order valence-electron chi connectivity index (χ1n) is 6.51. The molecule has 0 saturated carbocycles. The van der Waals surface area contributed by atoms with Gasteiger partial charge in [-0.3, -0.25) is 0 Å². The van der Waals surface area contributed by atoms with Crippen molar-refractivity contribution in [3.63, 3.8) is 0 Å². The van der Waals surface area contributed by atoms with Crippen molar-refractivity contribution in [2.75, 3.05) is 13.0 Å². The summed E-state index contributed by atoms with van der Waals surface area (Å²) in [6.45, 7) is 0. The number of benzene rings is 1. The Hall–Kier alpha value is -0.990. The minimum Gasteiger partial charge on any atom is -0.497 e. The Morgan fingerprint density at radius 3 is 2.53 bits per heavy atom. The summed E-state index contributed by atoms with van der Waals surface area (Å²) >= 11 is 7.85. The summed E-state index contributed by atoms with van der Waals surface area (Å²) in [4.78, 5) is 0. The lowest BCUT2D eigenvalue weighted by Crippen LogP contribution is -2.07. The Labute approximate surface area is 124 Å². The van der Waals surface area contributed by atoms with Crippen LogP contribution in [0.1, 0.15) is 17.5 Å². The van der Waals surface area contributed by atoms with Crippen molar-refractivity contribution in [2.24, 2.45) is 5.92 Å². The number of alkyl halides is 1. The number of rotatable bonds is 7. The van der Waals surface area contributed by atoms with Gasteiger partial charge in [-0.1, -0.05) is 12.1 Å². The lowest BCUT2D eigenvalue weighted by molar-refractivity contribution is 0.414. The maximum atomic E-state index is 6.09. The third-order valence-corrected chi connectivity index (χ3v) is 4.49. The number of thiophene rings is 1. The molecule has 1 unspecified atom stereocenters. The molecular formula is C16H19ClOS. The number of halogens is 1. The van der Waals surface area contributed by atoms with E-state index in [4.69, 9.17) is 16.3 Å². The summed E-state index contributed by atoms with van der Waals surface area (Å²) in [5.74, 6) is 2.16. The first kappa shape index (κ1) is 14.4. The second-order valence-electron chi connectivity index (χ2n) is 4.74. The third-order valence-electron chi connectivity index (χ3n) is 3.32. The summed E-state index contributed by atoms with van der Waals surface area (Å²) in [6, 6.07) is 10.5. The molecule has 0 aliphatic carbocycles. The van der Waals surface area contributed by atoms with Gasteiger partial charge in [0.2, 0.25) is 0 Å². The highest BCUT2D eigenvalue weighted by molar-refractivity contribution is 7.07. The van der Waals surface area contributed by atoms with Gasteiger partial charge in [0.25, 0.3) is 0 Å². The van der Waals surface area contributed by atoms with E-state index in [2.05, 4.69) is 29.0 Å². The zero-order chi connectivity index (χ0) is 13.5. The van der Waals surface area contributed by atoms with Crippen molar-refractivity contribution in [1.29, 1.82) is 0 Å². The molecule has 1 aromatic carbocycles. The lowest BCUT2D eigenvalue weighted by atomic mass is 9.95. The Morgan fingerprint density at radius 1 is 1.16 bits per heavy atom. The average molecular weight is 295 g/mol. The molecule has 0 bridgehead atoms. The Morgan fingerprint density at radius 2 is 1.95 bits per heavy atom. The minimum atomic E-state index is 0.537. The molecule has 0 N–H and O–H groups in total. The first-order chi connectivity index (χ1) is 9.31. The zero-order valence-electron chi connectivity index (χ0n) is 11.1. The molecule has 0 aliphatic heterocycles. The van der Waals surface area contributed by atoms with E-state index < -0.39 is 0 Å². The zero-order valence-corrected chi connectivity index (χ0v) is 12.7. The van der Waals surface area contributed by atoms with E-state index in [1.165, 1.54) is 11.1 Å². The van der Waals surface area contributed by atoms with E-state index in [9.17, 15) is 0 Å². The van der Waals surface area contributed by atoms with Crippen molar-refractivity contribution < 1.29 is 4.74 Å². The third kappa shape index (κ3) is 4.55. The van der Waals surface area contributed by atoms with Gasteiger partial charge in [0, 0.05) is 5.88 Å². The van der Waals surface area contributed by atoms with Gasteiger partial charge in [-0.2, -0.15) is 11.3 Å². The summed E-state index contributed by atoms with van der Waals surface area (Å²) in [5, 5.41) is 4.35. The van der Waals surface area contributed by atoms with Crippen molar-refractivity contribution in [1.82, 2.24) is 0 Å². The van der Waals surface area contributed by atoms with E-state index in [0.29, 0.717) is 5.92 Å². The first-order valence-corrected chi connectivity index (χ1v) is 7.99. The molecule has 1 nitrogen and oxygen atoms in total. The number of hydrogen-bond acceptors (Lipinski definition) is 2. The molecule has 2 aromatic rings. The highest BCUT2D eigenvalue weighted by Gasteiger charge is 2.09. The fourth-order valence-electron chi connectivity index (χ4n) is 2.13. The van der Waals surface area contributed by atoms with Crippen LogP contribution in [0.25, 0.3) is 0 Å². The second-order valence-corrected chi connectivity index (χ2v) is 5.83. The molecule has 0 fully saturated rings. The van der Waals surface area contributed by atoms with Crippen LogP contribution in [0.15, 0.2) is 41.1 Å². The lowest BCUT2D eigenvalue weighted by Gasteiger charge is -2.13. The van der Waals surface area contributed by atoms with E-state index in [-0.39, 0.29) is 0 Å². The fourth-order valence-corrected chi connectivity index (χ4v) is 3.10. The van der Waals surface area contributed by atoms with E-state index in [1.807, 2.05) is 12.1 Å². The molecular weight excluding hydrogens is 276 g/mol. The Balaban J connectivity index is 1.87. The van der Waals surface area contributed by atoms with Gasteiger partial charge >= 0.3 is 0 Å². The largest absolute Gasteiger partial charge is 0.497 e. The van der Waals surface area contributed by atoms with Crippen LogP contribution >= 0.6 is 22.9 Å². The molecule has 1 atom stereocenters. The Bertz CT molecular complexity index is 464. The van der Waals surface area contributed by atoms with Gasteiger partial charge in [-0.15, -0.1) is 11.6 Å². The average Bonchev–Trinajstić information content (AvgIpc) is 2.97. The normalized spacial score (nSPS) is 12.3. The van der Waals surface area contributed by atoms with Crippen LogP contribution in [-0.2, 0) is 12.8 Å². The molecule has 1 heterocycles. The molecule has 2 rings (SSSR count). The molecule has 0 aliphatic rings. The van der Waals surface area contributed by atoms with Crippen molar-refractivity contribution in [3.8, 4) is 5.75 Å². The highest BCUT2D eigenvalue weighted by Crippen LogP contribution is 2.20. The highest BCUT2D eigenvalue weighted by atomic mass is 35.5. The van der Waals surface area contributed by atoms with Gasteiger partial charge in [0.15, 0.2) is 0 Å². The predicted molar refractivity (Wildman–Crippen MR) is 83.5 cm³/mol. The van der Waals surface area contributed by atoms with Gasteiger partial charge in [0.1, 0.15) is 5.75 Å². The van der Waals surface area contributed by atoms with Crippen molar-refractivity contribution >= 4 is 22.9 Å². The number of methoxy groups -OCH3 is 1. The Kier molecular flexibility index (Phi) is 5.74. The summed E-state index contributed by atoms with van der Waals surface area (Å²) in [5.41, 5.74) is 2.76. The molecule has 0 amide bonds. The van der Waals surface area contributed by atoms with Crippen LogP contribution in [0.5, 0.6) is 5.75 Å². The monoisotopic (exact) mass is 294 g/mol. The van der Waals surface area contributed by atoms with E-state index >= 15 is 0 Å². The van der Waals surface area contributed by atoms with Crippen molar-refractivity contribution in [3.05, 3.63) is 52.2 Å². The fraction of sp³-hybridized carbons (Fsp3) is 0.375. The number of ether oxygens (including phenoxy) is 1. The second kappa shape index (κ2) is 7.56. The molecule has 0 spiro atoms. The van der Waals surface area contributed by atoms with Crippen LogP contribution in [0.4, 0.5) is 0 Å². The number of aryl methyl sites for hydroxylation is 1. The van der Waals surface area contributed by atoms with Gasteiger partial charge in [-0.05, 0) is 65.3 Å². The summed E-state index contributed by atoms with van der Waals surface area (Å²) in [7, 11) is 1.69. The van der Waals surface area contributed by atoms with E-state index in [1.54, 1.807) is 18.4 Å². The summed E-state index contributed by atoms with van der Waals surface area (Å²) < 4.78 is 5.17. The smallest absolute Gasteiger partial charge is 0.118 e. The summed E-state index contributed by atoms with van der Waals surface area (Å²) in [6.07, 6.45) is 3.31. The van der Waals surface area contributed by atoms with Crippen LogP contribution < -0.4 is 4.74 Å². The van der Waals surface area contributed by atoms with Crippen LogP contribution in [0.2, 0.25) is 0 Å². The molecule has 19 heavy (non-hydrogen) atoms. The van der Waals surface area contributed by atoms with Crippen LogP contribution in [0, 0.1) is 5.92 Å². The molecule has 0 radical (unpaired) electrons. The van der Waals surface area contributed by atoms with E-state index in [0.717, 1.165) is 30.9 Å². The number of hydrogen-bond donors (Lipinski definition) is 0. The van der Waals surface area contributed by atoms with Crippen LogP contribution in [0.3, 0.4) is 0 Å². The molecule has 1 aromatic heterocycles. The molecule has 102 valence electrons. The standard InChI is InChI=1S/C16H19ClOS/c1-18-16-6-4-13(5-7-16)10-15(11-17)3-2-14-8-9-19-12-14/h4-9,12,15H,2-3,10-11H2,1H3.